The molecule has 3 rings (SSSR count). The highest BCUT2D eigenvalue weighted by Gasteiger charge is 2.21. The molecule has 1 saturated heterocycles. The maximum atomic E-state index is 13.6. The summed E-state index contributed by atoms with van der Waals surface area (Å²) in [5.41, 5.74) is 1.74. The summed E-state index contributed by atoms with van der Waals surface area (Å²) in [6.07, 6.45) is 0.641. The fourth-order valence-electron chi connectivity index (χ4n) is 2.98. The first kappa shape index (κ1) is 17.4. The zero-order valence-corrected chi connectivity index (χ0v) is 14.2. The Labute approximate surface area is 147 Å². The number of aryl methyl sites for hydroxylation is 1. The average Bonchev–Trinajstić information content (AvgIpc) is 2.67. The largest absolute Gasteiger partial charge is 0.373 e. The molecular formula is C20H23FN2O2. The van der Waals surface area contributed by atoms with Gasteiger partial charge in [0.25, 0.3) is 0 Å². The third-order valence-electron chi connectivity index (χ3n) is 4.37. The van der Waals surface area contributed by atoms with Gasteiger partial charge in [0.1, 0.15) is 5.82 Å². The number of rotatable bonds is 6. The van der Waals surface area contributed by atoms with Crippen molar-refractivity contribution in [3.63, 3.8) is 0 Å². The van der Waals surface area contributed by atoms with E-state index in [1.54, 1.807) is 18.2 Å². The Morgan fingerprint density at radius 3 is 2.72 bits per heavy atom. The number of amides is 1. The maximum Gasteiger partial charge on any atom is 0.220 e. The number of nitrogens with zero attached hydrogens (tertiary/aromatic N) is 1. The zero-order chi connectivity index (χ0) is 17.5. The summed E-state index contributed by atoms with van der Waals surface area (Å²) in [6.45, 7) is 2.71. The third-order valence-corrected chi connectivity index (χ3v) is 4.37. The van der Waals surface area contributed by atoms with Gasteiger partial charge in [-0.1, -0.05) is 36.4 Å². The van der Waals surface area contributed by atoms with Gasteiger partial charge < -0.3 is 15.0 Å². The molecule has 25 heavy (non-hydrogen) atoms. The molecule has 1 unspecified atom stereocenters. The molecule has 0 aromatic heterocycles. The van der Waals surface area contributed by atoms with Gasteiger partial charge in [0.05, 0.1) is 12.7 Å². The Bertz CT molecular complexity index is 693. The minimum atomic E-state index is -0.260. The number of ether oxygens (including phenoxy) is 1. The van der Waals surface area contributed by atoms with E-state index >= 15 is 0 Å². The Morgan fingerprint density at radius 1 is 1.16 bits per heavy atom. The van der Waals surface area contributed by atoms with Crippen molar-refractivity contribution >= 4 is 11.6 Å². The lowest BCUT2D eigenvalue weighted by Gasteiger charge is -2.34. The second kappa shape index (κ2) is 8.62. The van der Waals surface area contributed by atoms with E-state index in [0.717, 1.165) is 13.1 Å². The molecule has 2 aromatic carbocycles. The van der Waals surface area contributed by atoms with Gasteiger partial charge in [-0.2, -0.15) is 0 Å². The summed E-state index contributed by atoms with van der Waals surface area (Å²) in [4.78, 5) is 14.3. The zero-order valence-electron chi connectivity index (χ0n) is 14.2. The van der Waals surface area contributed by atoms with E-state index in [4.69, 9.17) is 4.74 Å². The topological polar surface area (TPSA) is 41.6 Å². The summed E-state index contributed by atoms with van der Waals surface area (Å²) in [5.74, 6) is -0.340. The minimum Gasteiger partial charge on any atom is -0.373 e. The van der Waals surface area contributed by atoms with Crippen LogP contribution in [-0.4, -0.2) is 38.3 Å². The van der Waals surface area contributed by atoms with Crippen molar-refractivity contribution in [3.05, 3.63) is 66.0 Å². The second-order valence-electron chi connectivity index (χ2n) is 6.17. The van der Waals surface area contributed by atoms with Crippen LogP contribution in [0.15, 0.2) is 54.6 Å². The fourth-order valence-corrected chi connectivity index (χ4v) is 2.98. The van der Waals surface area contributed by atoms with Crippen LogP contribution in [0.4, 0.5) is 10.1 Å². The van der Waals surface area contributed by atoms with Crippen LogP contribution in [0, 0.1) is 5.82 Å². The first-order valence-corrected chi connectivity index (χ1v) is 8.64. The molecule has 0 spiro atoms. The number of nitrogens with one attached hydrogen (secondary N) is 1. The Hall–Kier alpha value is -2.40. The van der Waals surface area contributed by atoms with Crippen LogP contribution in [0.3, 0.4) is 0 Å². The number of carbonyl (C=O) groups is 1. The lowest BCUT2D eigenvalue weighted by atomic mass is 10.1. The highest BCUT2D eigenvalue weighted by molar-refractivity contribution is 5.76. The van der Waals surface area contributed by atoms with Gasteiger partial charge in [0, 0.05) is 31.7 Å². The molecular weight excluding hydrogens is 319 g/mol. The van der Waals surface area contributed by atoms with Gasteiger partial charge in [-0.25, -0.2) is 4.39 Å². The highest BCUT2D eigenvalue weighted by atomic mass is 19.1. The van der Waals surface area contributed by atoms with Gasteiger partial charge in [-0.3, -0.25) is 4.79 Å². The molecule has 0 bridgehead atoms. The first-order chi connectivity index (χ1) is 12.2. The fraction of sp³-hybridized carbons (Fsp3) is 0.350. The standard InChI is InChI=1S/C20H23FN2O2/c21-19-9-5-4-6-16(19)10-11-20(24)22-14-18-15-23(12-13-25-18)17-7-2-1-3-8-17/h1-9,18H,10-15H2,(H,22,24). The van der Waals surface area contributed by atoms with E-state index in [9.17, 15) is 9.18 Å². The number of hydrogen-bond donors (Lipinski definition) is 1. The van der Waals surface area contributed by atoms with Crippen LogP contribution in [0.1, 0.15) is 12.0 Å². The SMILES string of the molecule is O=C(CCc1ccccc1F)NCC1CN(c2ccccc2)CCO1. The first-order valence-electron chi connectivity index (χ1n) is 8.64. The van der Waals surface area contributed by atoms with Crippen LogP contribution in [-0.2, 0) is 16.0 Å². The molecule has 0 saturated carbocycles. The number of benzene rings is 2. The predicted molar refractivity (Wildman–Crippen MR) is 96.1 cm³/mol. The van der Waals surface area contributed by atoms with Crippen LogP contribution < -0.4 is 10.2 Å². The number of hydrogen-bond acceptors (Lipinski definition) is 3. The minimum absolute atomic E-state index is 0.0358. The third kappa shape index (κ3) is 5.03. The summed E-state index contributed by atoms with van der Waals surface area (Å²) >= 11 is 0. The van der Waals surface area contributed by atoms with Crippen molar-refractivity contribution in [1.82, 2.24) is 5.32 Å². The predicted octanol–water partition coefficient (Wildman–Crippen LogP) is 2.78. The molecule has 5 heteroatoms. The summed E-state index contributed by atoms with van der Waals surface area (Å²) < 4.78 is 19.3. The molecule has 1 amide bonds. The van der Waals surface area contributed by atoms with Crippen LogP contribution in [0.5, 0.6) is 0 Å². The molecule has 1 fully saturated rings. The van der Waals surface area contributed by atoms with E-state index in [0.29, 0.717) is 25.1 Å². The van der Waals surface area contributed by atoms with E-state index in [-0.39, 0.29) is 24.2 Å². The van der Waals surface area contributed by atoms with Gasteiger partial charge >= 0.3 is 0 Å². The Kier molecular flexibility index (Phi) is 6.01. The molecule has 0 aliphatic carbocycles. The van der Waals surface area contributed by atoms with E-state index in [1.165, 1.54) is 11.8 Å². The van der Waals surface area contributed by atoms with Crippen molar-refractivity contribution in [2.45, 2.75) is 18.9 Å². The van der Waals surface area contributed by atoms with Gasteiger partial charge in [0.2, 0.25) is 5.91 Å². The monoisotopic (exact) mass is 342 g/mol. The number of anilines is 1. The quantitative estimate of drug-likeness (QED) is 0.878. The molecule has 1 aliphatic rings. The molecule has 1 N–H and O–H groups in total. The van der Waals surface area contributed by atoms with Crippen LogP contribution >= 0.6 is 0 Å². The Morgan fingerprint density at radius 2 is 1.92 bits per heavy atom. The van der Waals surface area contributed by atoms with Crippen molar-refractivity contribution < 1.29 is 13.9 Å². The lowest BCUT2D eigenvalue weighted by Crippen LogP contribution is -2.47. The molecule has 1 atom stereocenters. The summed E-state index contributed by atoms with van der Waals surface area (Å²) in [6, 6.07) is 16.8. The van der Waals surface area contributed by atoms with Gasteiger partial charge in [-0.05, 0) is 30.2 Å². The molecule has 4 nitrogen and oxygen atoms in total. The lowest BCUT2D eigenvalue weighted by molar-refractivity contribution is -0.121. The molecule has 1 aliphatic heterocycles. The number of morpholine rings is 1. The average molecular weight is 342 g/mol. The van der Waals surface area contributed by atoms with Crippen LogP contribution in [0.2, 0.25) is 0 Å². The molecule has 132 valence electrons. The van der Waals surface area contributed by atoms with E-state index < -0.39 is 0 Å². The molecule has 2 aromatic rings. The normalized spacial score (nSPS) is 17.3. The van der Waals surface area contributed by atoms with Crippen molar-refractivity contribution in [2.24, 2.45) is 0 Å². The second-order valence-corrected chi connectivity index (χ2v) is 6.17. The Balaban J connectivity index is 1.43. The maximum absolute atomic E-state index is 13.6. The van der Waals surface area contributed by atoms with Crippen molar-refractivity contribution in [1.29, 1.82) is 0 Å². The van der Waals surface area contributed by atoms with Crippen LogP contribution in [0.25, 0.3) is 0 Å². The smallest absolute Gasteiger partial charge is 0.220 e. The molecule has 0 radical (unpaired) electrons. The highest BCUT2D eigenvalue weighted by Crippen LogP contribution is 2.16. The van der Waals surface area contributed by atoms with Crippen molar-refractivity contribution in [2.75, 3.05) is 31.1 Å². The van der Waals surface area contributed by atoms with E-state index in [1.807, 2.05) is 18.2 Å². The van der Waals surface area contributed by atoms with Gasteiger partial charge in [-0.15, -0.1) is 0 Å². The van der Waals surface area contributed by atoms with Gasteiger partial charge in [0.15, 0.2) is 0 Å². The number of halogens is 1. The number of carbonyl (C=O) groups excluding carboxylic acids is 1. The summed E-state index contributed by atoms with van der Waals surface area (Å²) in [5, 5.41) is 2.90. The summed E-state index contributed by atoms with van der Waals surface area (Å²) in [7, 11) is 0. The number of para-hydroxylation sites is 1. The van der Waals surface area contributed by atoms with Crippen molar-refractivity contribution in [3.8, 4) is 0 Å². The van der Waals surface area contributed by atoms with E-state index in [2.05, 4.69) is 22.3 Å². The molecule has 1 heterocycles.